The van der Waals surface area contributed by atoms with Gasteiger partial charge in [0.1, 0.15) is 0 Å². The Kier molecular flexibility index (Phi) is 5.76. The molecule has 0 spiro atoms. The molecule has 1 aromatic carbocycles. The van der Waals surface area contributed by atoms with Crippen molar-refractivity contribution in [1.29, 1.82) is 0 Å². The number of benzene rings is 1. The second-order valence-electron chi connectivity index (χ2n) is 6.37. The Bertz CT molecular complexity index is 1300. The number of nitrogens with two attached hydrogens (primary N) is 1. The van der Waals surface area contributed by atoms with Gasteiger partial charge >= 0.3 is 5.69 Å². The Morgan fingerprint density at radius 1 is 1.13 bits per heavy atom. The van der Waals surface area contributed by atoms with Gasteiger partial charge in [-0.3, -0.25) is 19.4 Å². The molecule has 2 heterocycles. The van der Waals surface area contributed by atoms with E-state index in [1.165, 1.54) is 18.2 Å². The van der Waals surface area contributed by atoms with E-state index >= 15 is 0 Å². The molecule has 13 heteroatoms. The van der Waals surface area contributed by atoms with Crippen molar-refractivity contribution in [2.75, 3.05) is 0 Å². The summed E-state index contributed by atoms with van der Waals surface area (Å²) < 4.78 is 6.31. The SMILES string of the molecule is CC(C)c1cc(Oc2c(Cl)cc(-n3nc(C(N)=O)c(=O)[nH]c3=O)cc2Cl)n[nH]c1=O. The fourth-order valence-corrected chi connectivity index (χ4v) is 3.04. The predicted octanol–water partition coefficient (Wildman–Crippen LogP) is 1.33. The predicted molar refractivity (Wildman–Crippen MR) is 108 cm³/mol. The molecule has 0 fully saturated rings. The lowest BCUT2D eigenvalue weighted by atomic mass is 10.1. The fraction of sp³-hybridized carbons (Fsp3) is 0.176. The van der Waals surface area contributed by atoms with Crippen molar-refractivity contribution in [3.05, 3.63) is 70.7 Å². The maximum absolute atomic E-state index is 12.1. The molecule has 30 heavy (non-hydrogen) atoms. The van der Waals surface area contributed by atoms with E-state index in [0.29, 0.717) is 10.2 Å². The Morgan fingerprint density at radius 3 is 2.33 bits per heavy atom. The monoisotopic (exact) mass is 452 g/mol. The normalized spacial score (nSPS) is 11.0. The van der Waals surface area contributed by atoms with Crippen LogP contribution in [0.15, 0.2) is 32.6 Å². The Balaban J connectivity index is 2.06. The van der Waals surface area contributed by atoms with Gasteiger partial charge in [-0.05, 0) is 18.1 Å². The van der Waals surface area contributed by atoms with E-state index < -0.39 is 22.9 Å². The molecule has 0 radical (unpaired) electrons. The Labute approximate surface area is 177 Å². The standard InChI is InChI=1S/C17H14Cl2N6O5/c1-6(2)8-5-11(22-23-15(8)27)30-13-9(18)3-7(4-10(13)19)25-17(29)21-16(28)12(24-25)14(20)26/h3-6H,1-2H3,(H2,20,26)(H,23,27)(H,21,28,29). The van der Waals surface area contributed by atoms with Crippen molar-refractivity contribution >= 4 is 29.1 Å². The van der Waals surface area contributed by atoms with Gasteiger partial charge in [0, 0.05) is 11.6 Å². The smallest absolute Gasteiger partial charge is 0.349 e. The van der Waals surface area contributed by atoms with Crippen LogP contribution in [0.4, 0.5) is 0 Å². The van der Waals surface area contributed by atoms with E-state index in [1.807, 2.05) is 18.8 Å². The highest BCUT2D eigenvalue weighted by atomic mass is 35.5. The molecule has 4 N–H and O–H groups in total. The summed E-state index contributed by atoms with van der Waals surface area (Å²) in [6.45, 7) is 3.66. The minimum Gasteiger partial charge on any atom is -0.434 e. The molecule has 0 unspecified atom stereocenters. The number of H-pyrrole nitrogens is 2. The molecular formula is C17H14Cl2N6O5. The highest BCUT2D eigenvalue weighted by Crippen LogP contribution is 2.37. The Morgan fingerprint density at radius 2 is 1.77 bits per heavy atom. The van der Waals surface area contributed by atoms with Crippen LogP contribution in [-0.2, 0) is 0 Å². The maximum atomic E-state index is 12.1. The number of nitrogens with one attached hydrogen (secondary N) is 2. The first-order valence-electron chi connectivity index (χ1n) is 8.38. The lowest BCUT2D eigenvalue weighted by Gasteiger charge is -2.12. The zero-order chi connectivity index (χ0) is 22.2. The van der Waals surface area contributed by atoms with Gasteiger partial charge in [0.25, 0.3) is 17.0 Å². The van der Waals surface area contributed by atoms with Crippen LogP contribution in [0.5, 0.6) is 11.6 Å². The number of carbonyl (C=O) groups is 1. The maximum Gasteiger partial charge on any atom is 0.349 e. The molecule has 0 aliphatic carbocycles. The van der Waals surface area contributed by atoms with Crippen LogP contribution >= 0.6 is 23.2 Å². The molecule has 3 aromatic rings. The number of carbonyl (C=O) groups excluding carboxylic acids is 1. The average Bonchev–Trinajstić information content (AvgIpc) is 2.65. The molecule has 0 aliphatic heterocycles. The number of rotatable bonds is 5. The summed E-state index contributed by atoms with van der Waals surface area (Å²) in [6, 6.07) is 4.00. The minimum absolute atomic E-state index is 0.00365. The quantitative estimate of drug-likeness (QED) is 0.524. The highest BCUT2D eigenvalue weighted by molar-refractivity contribution is 6.37. The lowest BCUT2D eigenvalue weighted by Crippen LogP contribution is -2.37. The number of primary amides is 1. The van der Waals surface area contributed by atoms with Crippen molar-refractivity contribution in [2.45, 2.75) is 19.8 Å². The van der Waals surface area contributed by atoms with E-state index in [9.17, 15) is 19.2 Å². The first kappa shape index (κ1) is 21.3. The molecule has 0 atom stereocenters. The first-order valence-corrected chi connectivity index (χ1v) is 9.14. The van der Waals surface area contributed by atoms with Crippen molar-refractivity contribution in [1.82, 2.24) is 25.0 Å². The van der Waals surface area contributed by atoms with Crippen LogP contribution in [0.2, 0.25) is 10.0 Å². The van der Waals surface area contributed by atoms with Crippen molar-refractivity contribution in [2.24, 2.45) is 5.73 Å². The van der Waals surface area contributed by atoms with Crippen molar-refractivity contribution in [3.8, 4) is 17.3 Å². The largest absolute Gasteiger partial charge is 0.434 e. The summed E-state index contributed by atoms with van der Waals surface area (Å²) in [5.74, 6) is -1.15. The number of aromatic nitrogens is 5. The number of hydrogen-bond donors (Lipinski definition) is 3. The lowest BCUT2D eigenvalue weighted by molar-refractivity contribution is 0.0992. The molecule has 2 aromatic heterocycles. The van der Waals surface area contributed by atoms with Gasteiger partial charge < -0.3 is 10.5 Å². The second-order valence-corrected chi connectivity index (χ2v) is 7.18. The molecular weight excluding hydrogens is 439 g/mol. The molecule has 0 saturated heterocycles. The summed E-state index contributed by atoms with van der Waals surface area (Å²) in [5, 5.41) is 9.72. The fourth-order valence-electron chi connectivity index (χ4n) is 2.49. The number of ether oxygens (including phenoxy) is 1. The van der Waals surface area contributed by atoms with E-state index in [-0.39, 0.29) is 38.8 Å². The number of hydrogen-bond acceptors (Lipinski definition) is 7. The molecule has 1 amide bonds. The van der Waals surface area contributed by atoms with Gasteiger partial charge in [-0.25, -0.2) is 9.89 Å². The van der Waals surface area contributed by atoms with Crippen molar-refractivity contribution in [3.63, 3.8) is 0 Å². The molecule has 3 rings (SSSR count). The number of halogens is 2. The summed E-state index contributed by atoms with van der Waals surface area (Å²) in [5.41, 5.74) is 2.60. The van der Waals surface area contributed by atoms with E-state index in [2.05, 4.69) is 15.3 Å². The number of aromatic amines is 2. The summed E-state index contributed by atoms with van der Waals surface area (Å²) in [4.78, 5) is 48.8. The minimum atomic E-state index is -1.12. The average molecular weight is 453 g/mol. The zero-order valence-electron chi connectivity index (χ0n) is 15.5. The van der Waals surface area contributed by atoms with E-state index in [1.54, 1.807) is 0 Å². The van der Waals surface area contributed by atoms with Crippen LogP contribution in [-0.4, -0.2) is 30.9 Å². The zero-order valence-corrected chi connectivity index (χ0v) is 17.0. The van der Waals surface area contributed by atoms with E-state index in [0.717, 1.165) is 0 Å². The van der Waals surface area contributed by atoms with Crippen LogP contribution < -0.4 is 27.3 Å². The van der Waals surface area contributed by atoms with Gasteiger partial charge in [0.2, 0.25) is 11.6 Å². The van der Waals surface area contributed by atoms with Crippen LogP contribution in [0.25, 0.3) is 5.69 Å². The number of nitrogens with zero attached hydrogens (tertiary/aromatic N) is 3. The van der Waals surface area contributed by atoms with E-state index in [4.69, 9.17) is 33.7 Å². The van der Waals surface area contributed by atoms with Gasteiger partial charge in [-0.2, -0.15) is 9.78 Å². The third-order valence-electron chi connectivity index (χ3n) is 3.93. The topological polar surface area (TPSA) is 166 Å². The van der Waals surface area contributed by atoms with Crippen LogP contribution in [0.1, 0.15) is 35.8 Å². The third-order valence-corrected chi connectivity index (χ3v) is 4.49. The molecule has 0 saturated carbocycles. The molecule has 0 bridgehead atoms. The molecule has 0 aliphatic rings. The molecule has 156 valence electrons. The summed E-state index contributed by atoms with van der Waals surface area (Å²) in [7, 11) is 0. The van der Waals surface area contributed by atoms with Crippen LogP contribution in [0, 0.1) is 0 Å². The number of amides is 1. The van der Waals surface area contributed by atoms with Gasteiger partial charge in [-0.1, -0.05) is 37.0 Å². The second kappa shape index (κ2) is 8.13. The third kappa shape index (κ3) is 4.11. The van der Waals surface area contributed by atoms with Gasteiger partial charge in [0.15, 0.2) is 5.75 Å². The Hall–Kier alpha value is -3.44. The van der Waals surface area contributed by atoms with Gasteiger partial charge in [0.05, 0.1) is 15.7 Å². The van der Waals surface area contributed by atoms with Crippen molar-refractivity contribution < 1.29 is 9.53 Å². The van der Waals surface area contributed by atoms with Gasteiger partial charge in [-0.15, -0.1) is 5.10 Å². The highest BCUT2D eigenvalue weighted by Gasteiger charge is 2.18. The summed E-state index contributed by atoms with van der Waals surface area (Å²) in [6.07, 6.45) is 0. The first-order chi connectivity index (χ1) is 14.1. The van der Waals surface area contributed by atoms with Crippen LogP contribution in [0.3, 0.4) is 0 Å². The molecule has 11 nitrogen and oxygen atoms in total. The summed E-state index contributed by atoms with van der Waals surface area (Å²) >= 11 is 12.5.